The SMILES string of the molecule is CNC(=O)Nc1c(C)c(OC)c(F)c(F)c1CC(N)C(=O)O. The Hall–Kier alpha value is -2.42. The van der Waals surface area contributed by atoms with Gasteiger partial charge in [0.2, 0.25) is 5.82 Å². The number of rotatable bonds is 5. The lowest BCUT2D eigenvalue weighted by atomic mass is 9.99. The van der Waals surface area contributed by atoms with Crippen LogP contribution in [0.2, 0.25) is 0 Å². The predicted octanol–water partition coefficient (Wildman–Crippen LogP) is 0.988. The lowest BCUT2D eigenvalue weighted by Crippen LogP contribution is -2.34. The fraction of sp³-hybridized carbons (Fsp3) is 0.385. The van der Waals surface area contributed by atoms with E-state index in [2.05, 4.69) is 10.6 Å². The molecule has 0 saturated carbocycles. The van der Waals surface area contributed by atoms with E-state index < -0.39 is 36.1 Å². The van der Waals surface area contributed by atoms with Gasteiger partial charge in [0, 0.05) is 24.6 Å². The van der Waals surface area contributed by atoms with Gasteiger partial charge >= 0.3 is 12.0 Å². The molecule has 0 aromatic heterocycles. The van der Waals surface area contributed by atoms with E-state index in [0.29, 0.717) is 0 Å². The normalized spacial score (nSPS) is 11.7. The molecule has 1 unspecified atom stereocenters. The highest BCUT2D eigenvalue weighted by Gasteiger charge is 2.26. The van der Waals surface area contributed by atoms with Crippen molar-refractivity contribution in [3.05, 3.63) is 22.8 Å². The molecule has 0 radical (unpaired) electrons. The molecule has 0 spiro atoms. The third-order valence-corrected chi connectivity index (χ3v) is 3.09. The summed E-state index contributed by atoms with van der Waals surface area (Å²) in [6.07, 6.45) is -0.498. The molecule has 0 heterocycles. The number of halogens is 2. The van der Waals surface area contributed by atoms with Crippen LogP contribution in [0, 0.1) is 18.6 Å². The number of hydrogen-bond donors (Lipinski definition) is 4. The van der Waals surface area contributed by atoms with Crippen LogP contribution < -0.4 is 21.1 Å². The summed E-state index contributed by atoms with van der Waals surface area (Å²) in [6, 6.07) is -2.13. The number of carboxylic acids is 1. The van der Waals surface area contributed by atoms with Crippen LogP contribution >= 0.6 is 0 Å². The summed E-state index contributed by atoms with van der Waals surface area (Å²) in [5.74, 6) is -4.34. The highest BCUT2D eigenvalue weighted by atomic mass is 19.2. The Bertz CT molecular complexity index is 608. The number of carboxylic acid groups (broad SMARTS) is 1. The molecular weight excluding hydrogens is 300 g/mol. The van der Waals surface area contributed by atoms with Crippen molar-refractivity contribution < 1.29 is 28.2 Å². The molecule has 5 N–H and O–H groups in total. The molecule has 1 rings (SSSR count). The Morgan fingerprint density at radius 2 is 1.95 bits per heavy atom. The molecule has 0 aliphatic heterocycles. The number of ether oxygens (including phenoxy) is 1. The number of nitrogens with two attached hydrogens (primary N) is 1. The molecule has 0 aliphatic rings. The van der Waals surface area contributed by atoms with Crippen LogP contribution in [0.1, 0.15) is 11.1 Å². The van der Waals surface area contributed by atoms with E-state index >= 15 is 0 Å². The fourth-order valence-electron chi connectivity index (χ4n) is 1.93. The summed E-state index contributed by atoms with van der Waals surface area (Å²) < 4.78 is 32.9. The first-order chi connectivity index (χ1) is 10.2. The lowest BCUT2D eigenvalue weighted by molar-refractivity contribution is -0.138. The van der Waals surface area contributed by atoms with Crippen LogP contribution in [-0.4, -0.2) is 37.3 Å². The second kappa shape index (κ2) is 7.03. The maximum Gasteiger partial charge on any atom is 0.320 e. The first-order valence-corrected chi connectivity index (χ1v) is 6.26. The monoisotopic (exact) mass is 317 g/mol. The molecule has 22 heavy (non-hydrogen) atoms. The highest BCUT2D eigenvalue weighted by molar-refractivity contribution is 5.91. The minimum absolute atomic E-state index is 0.0770. The number of carbonyl (C=O) groups excluding carboxylic acids is 1. The largest absolute Gasteiger partial charge is 0.493 e. The van der Waals surface area contributed by atoms with Crippen molar-refractivity contribution in [3.8, 4) is 5.75 Å². The van der Waals surface area contributed by atoms with Crippen LogP contribution in [0.25, 0.3) is 0 Å². The second-order valence-electron chi connectivity index (χ2n) is 4.49. The maximum atomic E-state index is 14.2. The van der Waals surface area contributed by atoms with Crippen molar-refractivity contribution in [3.63, 3.8) is 0 Å². The number of methoxy groups -OCH3 is 1. The summed E-state index contributed by atoms with van der Waals surface area (Å²) in [4.78, 5) is 22.3. The van der Waals surface area contributed by atoms with E-state index in [0.717, 1.165) is 7.11 Å². The summed E-state index contributed by atoms with van der Waals surface area (Å²) in [7, 11) is 2.49. The van der Waals surface area contributed by atoms with Crippen molar-refractivity contribution in [2.45, 2.75) is 19.4 Å². The van der Waals surface area contributed by atoms with Gasteiger partial charge in [-0.3, -0.25) is 4.79 Å². The van der Waals surface area contributed by atoms with Gasteiger partial charge in [-0.15, -0.1) is 0 Å². The van der Waals surface area contributed by atoms with Crippen molar-refractivity contribution in [1.82, 2.24) is 5.32 Å². The van der Waals surface area contributed by atoms with Crippen LogP contribution in [-0.2, 0) is 11.2 Å². The van der Waals surface area contributed by atoms with E-state index in [4.69, 9.17) is 15.6 Å². The number of benzene rings is 1. The van der Waals surface area contributed by atoms with E-state index in [-0.39, 0.29) is 22.6 Å². The number of aliphatic carboxylic acids is 1. The van der Waals surface area contributed by atoms with Crippen molar-refractivity contribution in [2.75, 3.05) is 19.5 Å². The standard InChI is InChI=1S/C13H17F2N3O4/c1-5-10(18-13(21)17-2)6(4-7(16)12(19)20)8(14)9(15)11(5)22-3/h7H,4,16H2,1-3H3,(H,19,20)(H2,17,18,21). The van der Waals surface area contributed by atoms with Gasteiger partial charge in [0.15, 0.2) is 11.6 Å². The Morgan fingerprint density at radius 1 is 1.36 bits per heavy atom. The van der Waals surface area contributed by atoms with Crippen molar-refractivity contribution in [2.24, 2.45) is 5.73 Å². The average molecular weight is 317 g/mol. The predicted molar refractivity (Wildman–Crippen MR) is 75.0 cm³/mol. The Balaban J connectivity index is 3.49. The summed E-state index contributed by atoms with van der Waals surface area (Å²) in [6.45, 7) is 1.41. The van der Waals surface area contributed by atoms with Crippen molar-refractivity contribution >= 4 is 17.7 Å². The second-order valence-corrected chi connectivity index (χ2v) is 4.49. The third kappa shape index (κ3) is 3.42. The topological polar surface area (TPSA) is 114 Å². The molecule has 0 fully saturated rings. The Labute approximate surface area is 125 Å². The fourth-order valence-corrected chi connectivity index (χ4v) is 1.93. The van der Waals surface area contributed by atoms with Gasteiger partial charge in [-0.2, -0.15) is 4.39 Å². The van der Waals surface area contributed by atoms with Gasteiger partial charge in [0.05, 0.1) is 12.8 Å². The summed E-state index contributed by atoms with van der Waals surface area (Å²) in [5.41, 5.74) is 5.08. The Morgan fingerprint density at radius 3 is 2.41 bits per heavy atom. The van der Waals surface area contributed by atoms with Gasteiger partial charge in [-0.05, 0) is 6.92 Å². The molecule has 2 amide bonds. The number of nitrogens with one attached hydrogen (secondary N) is 2. The molecule has 7 nitrogen and oxygen atoms in total. The van der Waals surface area contributed by atoms with Gasteiger partial charge in [0.1, 0.15) is 6.04 Å². The minimum Gasteiger partial charge on any atom is -0.493 e. The number of amides is 2. The maximum absolute atomic E-state index is 14.2. The minimum atomic E-state index is -1.45. The lowest BCUT2D eigenvalue weighted by Gasteiger charge is -2.19. The van der Waals surface area contributed by atoms with Crippen LogP contribution in [0.4, 0.5) is 19.3 Å². The number of urea groups is 1. The molecule has 122 valence electrons. The Kier molecular flexibility index (Phi) is 5.63. The van der Waals surface area contributed by atoms with Gasteiger partial charge in [0.25, 0.3) is 0 Å². The first-order valence-electron chi connectivity index (χ1n) is 6.26. The number of anilines is 1. The van der Waals surface area contributed by atoms with E-state index in [1.807, 2.05) is 0 Å². The molecule has 0 bridgehead atoms. The van der Waals surface area contributed by atoms with Crippen LogP contribution in [0.15, 0.2) is 0 Å². The zero-order valence-corrected chi connectivity index (χ0v) is 12.3. The van der Waals surface area contributed by atoms with Crippen LogP contribution in [0.3, 0.4) is 0 Å². The molecule has 0 saturated heterocycles. The van der Waals surface area contributed by atoms with Crippen LogP contribution in [0.5, 0.6) is 5.75 Å². The average Bonchev–Trinajstić information content (AvgIpc) is 2.48. The van der Waals surface area contributed by atoms with Gasteiger partial charge in [-0.1, -0.05) is 0 Å². The van der Waals surface area contributed by atoms with Crippen molar-refractivity contribution in [1.29, 1.82) is 0 Å². The zero-order chi connectivity index (χ0) is 17.0. The molecule has 1 aromatic rings. The molecule has 1 aromatic carbocycles. The van der Waals surface area contributed by atoms with E-state index in [1.165, 1.54) is 14.0 Å². The number of hydrogen-bond acceptors (Lipinski definition) is 4. The smallest absolute Gasteiger partial charge is 0.320 e. The highest BCUT2D eigenvalue weighted by Crippen LogP contribution is 2.35. The number of carbonyl (C=O) groups is 2. The van der Waals surface area contributed by atoms with Gasteiger partial charge in [-0.25, -0.2) is 9.18 Å². The van der Waals surface area contributed by atoms with Gasteiger partial charge < -0.3 is 26.2 Å². The summed E-state index contributed by atoms with van der Waals surface area (Å²) in [5, 5.41) is 13.4. The molecule has 9 heteroatoms. The first kappa shape index (κ1) is 17.6. The van der Waals surface area contributed by atoms with E-state index in [9.17, 15) is 18.4 Å². The summed E-state index contributed by atoms with van der Waals surface area (Å²) >= 11 is 0. The third-order valence-electron chi connectivity index (χ3n) is 3.09. The van der Waals surface area contributed by atoms with E-state index in [1.54, 1.807) is 0 Å². The molecule has 0 aliphatic carbocycles. The quantitative estimate of drug-likeness (QED) is 0.646. The molecule has 1 atom stereocenters. The zero-order valence-electron chi connectivity index (χ0n) is 12.3. The molecular formula is C13H17F2N3O4.